The number of benzene rings is 1. The smallest absolute Gasteiger partial charge is 0.268 e. The molecule has 2 aromatic rings. The Morgan fingerprint density at radius 1 is 1.22 bits per heavy atom. The summed E-state index contributed by atoms with van der Waals surface area (Å²) in [7, 11) is 0. The van der Waals surface area contributed by atoms with Gasteiger partial charge < -0.3 is 4.57 Å². The lowest BCUT2D eigenvalue weighted by atomic mass is 10.1. The molecular formula is C14H11FN2O. The number of aryl methyl sites for hydroxylation is 2. The first kappa shape index (κ1) is 12.1. The molecule has 0 radical (unpaired) electrons. The summed E-state index contributed by atoms with van der Waals surface area (Å²) >= 11 is 0. The van der Waals surface area contributed by atoms with Gasteiger partial charge in [-0.05, 0) is 30.2 Å². The highest BCUT2D eigenvalue weighted by molar-refractivity contribution is 5.25. The molecule has 0 aliphatic rings. The molecule has 0 spiro atoms. The molecule has 0 aliphatic carbocycles. The maximum Gasteiger partial charge on any atom is 0.268 e. The fourth-order valence-corrected chi connectivity index (χ4v) is 1.74. The second-order valence-electron chi connectivity index (χ2n) is 3.87. The monoisotopic (exact) mass is 242 g/mol. The summed E-state index contributed by atoms with van der Waals surface area (Å²) in [6.07, 6.45) is 2.02. The van der Waals surface area contributed by atoms with Crippen LogP contribution in [0.5, 0.6) is 0 Å². The second kappa shape index (κ2) is 5.28. The molecular weight excluding hydrogens is 231 g/mol. The van der Waals surface area contributed by atoms with Crippen molar-refractivity contribution in [1.82, 2.24) is 4.57 Å². The Bertz CT molecular complexity index is 655. The zero-order valence-corrected chi connectivity index (χ0v) is 9.64. The summed E-state index contributed by atoms with van der Waals surface area (Å²) < 4.78 is 14.8. The first-order valence-corrected chi connectivity index (χ1v) is 5.55. The van der Waals surface area contributed by atoms with Crippen LogP contribution in [0.1, 0.15) is 11.1 Å². The molecule has 0 amide bonds. The Labute approximate surface area is 104 Å². The Hall–Kier alpha value is -2.41. The Balaban J connectivity index is 2.20. The van der Waals surface area contributed by atoms with Crippen LogP contribution in [0.3, 0.4) is 0 Å². The quantitative estimate of drug-likeness (QED) is 0.827. The lowest BCUT2D eigenvalue weighted by Crippen LogP contribution is -2.22. The van der Waals surface area contributed by atoms with Crippen molar-refractivity contribution in [3.05, 3.63) is 69.9 Å². The normalized spacial score (nSPS) is 10.0. The van der Waals surface area contributed by atoms with Crippen LogP contribution in [0, 0.1) is 17.1 Å². The van der Waals surface area contributed by atoms with Gasteiger partial charge in [-0.25, -0.2) is 4.39 Å². The summed E-state index contributed by atoms with van der Waals surface area (Å²) in [6, 6.07) is 11.4. The number of pyridine rings is 1. The summed E-state index contributed by atoms with van der Waals surface area (Å²) in [6.45, 7) is 0.356. The largest absolute Gasteiger partial charge is 0.314 e. The van der Waals surface area contributed by atoms with Crippen molar-refractivity contribution in [2.75, 3.05) is 0 Å². The third-order valence-corrected chi connectivity index (χ3v) is 2.72. The lowest BCUT2D eigenvalue weighted by molar-refractivity contribution is 0.588. The maximum atomic E-state index is 13.4. The third-order valence-electron chi connectivity index (χ3n) is 2.72. The minimum absolute atomic E-state index is 0.103. The van der Waals surface area contributed by atoms with Crippen molar-refractivity contribution in [3.63, 3.8) is 0 Å². The Morgan fingerprint density at radius 3 is 2.72 bits per heavy atom. The average molecular weight is 242 g/mol. The van der Waals surface area contributed by atoms with E-state index in [1.807, 2.05) is 6.07 Å². The highest BCUT2D eigenvalue weighted by Gasteiger charge is 2.04. The average Bonchev–Trinajstić information content (AvgIpc) is 2.39. The lowest BCUT2D eigenvalue weighted by Gasteiger charge is -2.06. The number of hydrogen-bond acceptors (Lipinski definition) is 2. The standard InChI is InChI=1S/C14H11FN2O/c15-13-6-2-1-4-11(13)7-9-17-8-3-5-12(10-16)14(17)18/h1-6,8H,7,9H2. The molecule has 0 N–H and O–H groups in total. The van der Waals surface area contributed by atoms with Gasteiger partial charge >= 0.3 is 0 Å². The number of rotatable bonds is 3. The third kappa shape index (κ3) is 2.46. The van der Waals surface area contributed by atoms with Crippen molar-refractivity contribution in [2.45, 2.75) is 13.0 Å². The van der Waals surface area contributed by atoms with E-state index in [4.69, 9.17) is 5.26 Å². The van der Waals surface area contributed by atoms with Gasteiger partial charge in [0.2, 0.25) is 0 Å². The van der Waals surface area contributed by atoms with Gasteiger partial charge in [0.1, 0.15) is 17.4 Å². The van der Waals surface area contributed by atoms with E-state index in [2.05, 4.69) is 0 Å². The molecule has 0 saturated carbocycles. The van der Waals surface area contributed by atoms with E-state index in [1.54, 1.807) is 30.5 Å². The molecule has 0 atom stereocenters. The summed E-state index contributed by atoms with van der Waals surface area (Å²) in [5, 5.41) is 8.75. The molecule has 1 aromatic carbocycles. The van der Waals surface area contributed by atoms with Crippen LogP contribution in [0.4, 0.5) is 4.39 Å². The summed E-state index contributed by atoms with van der Waals surface area (Å²) in [5.41, 5.74) is 0.328. The van der Waals surface area contributed by atoms with E-state index in [0.717, 1.165) is 0 Å². The van der Waals surface area contributed by atoms with Crippen LogP contribution in [-0.4, -0.2) is 4.57 Å². The van der Waals surface area contributed by atoms with Crippen LogP contribution in [0.15, 0.2) is 47.4 Å². The molecule has 2 rings (SSSR count). The number of aromatic nitrogens is 1. The molecule has 4 heteroatoms. The Morgan fingerprint density at radius 2 is 2.00 bits per heavy atom. The van der Waals surface area contributed by atoms with E-state index >= 15 is 0 Å². The molecule has 18 heavy (non-hydrogen) atoms. The zero-order valence-electron chi connectivity index (χ0n) is 9.64. The van der Waals surface area contributed by atoms with E-state index < -0.39 is 0 Å². The molecule has 0 bridgehead atoms. The first-order valence-electron chi connectivity index (χ1n) is 5.55. The number of nitrogens with zero attached hydrogens (tertiary/aromatic N) is 2. The van der Waals surface area contributed by atoms with Gasteiger partial charge in [-0.1, -0.05) is 18.2 Å². The van der Waals surface area contributed by atoms with Gasteiger partial charge in [-0.3, -0.25) is 4.79 Å². The molecule has 1 aromatic heterocycles. The van der Waals surface area contributed by atoms with E-state index in [0.29, 0.717) is 18.5 Å². The van der Waals surface area contributed by atoms with Crippen molar-refractivity contribution in [2.24, 2.45) is 0 Å². The Kier molecular flexibility index (Phi) is 3.54. The molecule has 0 fully saturated rings. The van der Waals surface area contributed by atoms with Gasteiger partial charge in [0.15, 0.2) is 0 Å². The van der Waals surface area contributed by atoms with E-state index in [-0.39, 0.29) is 16.9 Å². The van der Waals surface area contributed by atoms with Gasteiger partial charge in [0, 0.05) is 12.7 Å². The molecule has 1 heterocycles. The second-order valence-corrected chi connectivity index (χ2v) is 3.87. The van der Waals surface area contributed by atoms with Gasteiger partial charge in [-0.15, -0.1) is 0 Å². The van der Waals surface area contributed by atoms with Crippen molar-refractivity contribution < 1.29 is 4.39 Å². The van der Waals surface area contributed by atoms with Crippen LogP contribution in [0.25, 0.3) is 0 Å². The summed E-state index contributed by atoms with van der Waals surface area (Å²) in [5.74, 6) is -0.276. The minimum atomic E-state index is -0.337. The predicted molar refractivity (Wildman–Crippen MR) is 65.5 cm³/mol. The SMILES string of the molecule is N#Cc1cccn(CCc2ccccc2F)c1=O. The fraction of sp³-hybridized carbons (Fsp3) is 0.143. The summed E-state index contributed by atoms with van der Waals surface area (Å²) in [4.78, 5) is 11.8. The van der Waals surface area contributed by atoms with Crippen molar-refractivity contribution in [3.8, 4) is 6.07 Å². The minimum Gasteiger partial charge on any atom is -0.314 e. The highest BCUT2D eigenvalue weighted by atomic mass is 19.1. The highest BCUT2D eigenvalue weighted by Crippen LogP contribution is 2.07. The molecule has 0 aliphatic heterocycles. The van der Waals surface area contributed by atoms with Gasteiger partial charge in [0.25, 0.3) is 5.56 Å². The fourth-order valence-electron chi connectivity index (χ4n) is 1.74. The molecule has 90 valence electrons. The predicted octanol–water partition coefficient (Wildman–Crippen LogP) is 2.10. The van der Waals surface area contributed by atoms with Crippen molar-refractivity contribution in [1.29, 1.82) is 5.26 Å². The maximum absolute atomic E-state index is 13.4. The van der Waals surface area contributed by atoms with Gasteiger partial charge in [-0.2, -0.15) is 5.26 Å². The van der Waals surface area contributed by atoms with E-state index in [1.165, 1.54) is 16.7 Å². The van der Waals surface area contributed by atoms with Crippen LogP contribution in [0.2, 0.25) is 0 Å². The molecule has 0 saturated heterocycles. The number of halogens is 1. The molecule has 3 nitrogen and oxygen atoms in total. The topological polar surface area (TPSA) is 45.8 Å². The van der Waals surface area contributed by atoms with Crippen LogP contribution in [-0.2, 0) is 13.0 Å². The van der Waals surface area contributed by atoms with Gasteiger partial charge in [0.05, 0.1) is 0 Å². The van der Waals surface area contributed by atoms with Crippen LogP contribution < -0.4 is 5.56 Å². The first-order chi connectivity index (χ1) is 8.72. The van der Waals surface area contributed by atoms with Crippen LogP contribution >= 0.6 is 0 Å². The zero-order chi connectivity index (χ0) is 13.0. The number of nitriles is 1. The molecule has 0 unspecified atom stereocenters. The van der Waals surface area contributed by atoms with Crippen molar-refractivity contribution >= 4 is 0 Å². The number of hydrogen-bond donors (Lipinski definition) is 0. The van der Waals surface area contributed by atoms with E-state index in [9.17, 15) is 9.18 Å².